The summed E-state index contributed by atoms with van der Waals surface area (Å²) < 4.78 is 0. The molecule has 2 rings (SSSR count). The quantitative estimate of drug-likeness (QED) is 0.924. The number of nitrogens with zero attached hydrogens (tertiary/aromatic N) is 1. The van der Waals surface area contributed by atoms with Crippen molar-refractivity contribution in [1.82, 2.24) is 4.90 Å². The minimum Gasteiger partial charge on any atom is -0.376 e. The van der Waals surface area contributed by atoms with Crippen LogP contribution in [0, 0.1) is 5.41 Å². The third-order valence-corrected chi connectivity index (χ3v) is 3.47. The molecule has 0 aromatic heterocycles. The van der Waals surface area contributed by atoms with Crippen molar-refractivity contribution in [2.75, 3.05) is 25.0 Å². The van der Waals surface area contributed by atoms with E-state index in [1.807, 2.05) is 35.2 Å². The molecule has 1 aromatic carbocycles. The topological polar surface area (TPSA) is 32.3 Å². The van der Waals surface area contributed by atoms with Gasteiger partial charge in [0.15, 0.2) is 0 Å². The highest BCUT2D eigenvalue weighted by molar-refractivity contribution is 5.85. The van der Waals surface area contributed by atoms with Gasteiger partial charge in [0.25, 0.3) is 0 Å². The predicted octanol–water partition coefficient (Wildman–Crippen LogP) is 3.17. The van der Waals surface area contributed by atoms with Crippen molar-refractivity contribution in [3.8, 4) is 0 Å². The summed E-state index contributed by atoms with van der Waals surface area (Å²) in [5, 5.41) is 3.18. The summed E-state index contributed by atoms with van der Waals surface area (Å²) in [5.41, 5.74) is 1.27. The van der Waals surface area contributed by atoms with Gasteiger partial charge in [-0.1, -0.05) is 32.0 Å². The molecule has 0 atom stereocenters. The van der Waals surface area contributed by atoms with Gasteiger partial charge >= 0.3 is 0 Å². The molecule has 3 nitrogen and oxygen atoms in total. The molecule has 0 bridgehead atoms. The molecule has 0 radical (unpaired) electrons. The van der Waals surface area contributed by atoms with Crippen LogP contribution < -0.4 is 5.32 Å². The summed E-state index contributed by atoms with van der Waals surface area (Å²) in [6, 6.07) is 9.87. The number of amides is 1. The minimum atomic E-state index is 0. The summed E-state index contributed by atoms with van der Waals surface area (Å²) in [5.74, 6) is 0.201. The Bertz CT molecular complexity index is 406. The van der Waals surface area contributed by atoms with Gasteiger partial charge in [-0.2, -0.15) is 0 Å². The molecule has 0 unspecified atom stereocenters. The van der Waals surface area contributed by atoms with Crippen molar-refractivity contribution < 1.29 is 4.79 Å². The van der Waals surface area contributed by atoms with Crippen LogP contribution in [0.2, 0.25) is 0 Å². The maximum atomic E-state index is 12.1. The minimum absolute atomic E-state index is 0. The highest BCUT2D eigenvalue weighted by Crippen LogP contribution is 2.28. The van der Waals surface area contributed by atoms with Crippen LogP contribution >= 0.6 is 12.4 Å². The molecule has 1 heterocycles. The number of hydrogen-bond donors (Lipinski definition) is 1. The zero-order valence-electron chi connectivity index (χ0n) is 11.7. The van der Waals surface area contributed by atoms with Crippen molar-refractivity contribution in [1.29, 1.82) is 0 Å². The van der Waals surface area contributed by atoms with Crippen LogP contribution in [0.1, 0.15) is 26.7 Å². The smallest absolute Gasteiger partial charge is 0.241 e. The second kappa shape index (κ2) is 6.80. The largest absolute Gasteiger partial charge is 0.376 e. The van der Waals surface area contributed by atoms with Crippen LogP contribution in [0.25, 0.3) is 0 Å². The van der Waals surface area contributed by atoms with Crippen molar-refractivity contribution in [3.63, 3.8) is 0 Å². The molecule has 1 aliphatic heterocycles. The average molecular weight is 283 g/mol. The molecule has 106 valence electrons. The van der Waals surface area contributed by atoms with Crippen LogP contribution in [0.3, 0.4) is 0 Å². The zero-order valence-corrected chi connectivity index (χ0v) is 12.5. The molecular formula is C15H23ClN2O. The lowest BCUT2D eigenvalue weighted by Crippen LogP contribution is -2.45. The second-order valence-corrected chi connectivity index (χ2v) is 5.80. The van der Waals surface area contributed by atoms with Crippen LogP contribution in [0.5, 0.6) is 0 Å². The van der Waals surface area contributed by atoms with E-state index < -0.39 is 0 Å². The number of rotatable bonds is 3. The highest BCUT2D eigenvalue weighted by atomic mass is 35.5. The van der Waals surface area contributed by atoms with Gasteiger partial charge in [0.2, 0.25) is 5.91 Å². The Balaban J connectivity index is 0.00000180. The Morgan fingerprint density at radius 2 is 2.00 bits per heavy atom. The maximum absolute atomic E-state index is 12.1. The summed E-state index contributed by atoms with van der Waals surface area (Å²) in [7, 11) is 0. The lowest BCUT2D eigenvalue weighted by Gasteiger charge is -2.38. The molecule has 1 saturated heterocycles. The summed E-state index contributed by atoms with van der Waals surface area (Å²) in [6.07, 6.45) is 2.33. The summed E-state index contributed by atoms with van der Waals surface area (Å²) >= 11 is 0. The number of anilines is 1. The van der Waals surface area contributed by atoms with Gasteiger partial charge < -0.3 is 10.2 Å². The van der Waals surface area contributed by atoms with Crippen LogP contribution in [-0.2, 0) is 4.79 Å². The number of carbonyl (C=O) groups is 1. The number of hydrogen-bond acceptors (Lipinski definition) is 2. The average Bonchev–Trinajstić information content (AvgIpc) is 2.36. The van der Waals surface area contributed by atoms with Gasteiger partial charge in [0, 0.05) is 18.8 Å². The third-order valence-electron chi connectivity index (χ3n) is 3.47. The Morgan fingerprint density at radius 1 is 1.32 bits per heavy atom. The van der Waals surface area contributed by atoms with E-state index in [1.54, 1.807) is 0 Å². The monoisotopic (exact) mass is 282 g/mol. The third kappa shape index (κ3) is 4.75. The predicted molar refractivity (Wildman–Crippen MR) is 81.8 cm³/mol. The molecule has 0 spiro atoms. The number of likely N-dealkylation sites (tertiary alicyclic amines) is 1. The number of nitrogens with one attached hydrogen (secondary N) is 1. The van der Waals surface area contributed by atoms with Crippen molar-refractivity contribution in [3.05, 3.63) is 30.3 Å². The van der Waals surface area contributed by atoms with Gasteiger partial charge in [-0.3, -0.25) is 4.79 Å². The molecule has 19 heavy (non-hydrogen) atoms. The van der Waals surface area contributed by atoms with E-state index in [4.69, 9.17) is 0 Å². The SMILES string of the molecule is CC1(C)CCCN(C(=O)CNc2ccccc2)C1.Cl. The maximum Gasteiger partial charge on any atom is 0.241 e. The van der Waals surface area contributed by atoms with E-state index in [0.717, 1.165) is 25.2 Å². The van der Waals surface area contributed by atoms with Gasteiger partial charge in [-0.15, -0.1) is 12.4 Å². The molecule has 4 heteroatoms. The van der Waals surface area contributed by atoms with Gasteiger partial charge in [0.05, 0.1) is 6.54 Å². The molecule has 0 saturated carbocycles. The van der Waals surface area contributed by atoms with Gasteiger partial charge in [-0.25, -0.2) is 0 Å². The fourth-order valence-corrected chi connectivity index (χ4v) is 2.48. The Morgan fingerprint density at radius 3 is 2.63 bits per heavy atom. The molecule has 1 aromatic rings. The number of para-hydroxylation sites is 1. The zero-order chi connectivity index (χ0) is 13.0. The van der Waals surface area contributed by atoms with Crippen molar-refractivity contribution >= 4 is 24.0 Å². The number of piperidine rings is 1. The molecular weight excluding hydrogens is 260 g/mol. The van der Waals surface area contributed by atoms with E-state index in [1.165, 1.54) is 6.42 Å². The van der Waals surface area contributed by atoms with Crippen LogP contribution in [0.15, 0.2) is 30.3 Å². The Kier molecular flexibility index (Phi) is 5.67. The molecule has 1 N–H and O–H groups in total. The molecule has 1 fully saturated rings. The van der Waals surface area contributed by atoms with Gasteiger partial charge in [0.1, 0.15) is 0 Å². The first kappa shape index (κ1) is 15.8. The highest BCUT2D eigenvalue weighted by Gasteiger charge is 2.28. The van der Waals surface area contributed by atoms with E-state index in [2.05, 4.69) is 19.2 Å². The second-order valence-electron chi connectivity index (χ2n) is 5.80. The number of halogens is 1. The number of benzene rings is 1. The van der Waals surface area contributed by atoms with E-state index in [0.29, 0.717) is 6.54 Å². The first-order valence-electron chi connectivity index (χ1n) is 6.64. The summed E-state index contributed by atoms with van der Waals surface area (Å²) in [4.78, 5) is 14.1. The first-order chi connectivity index (χ1) is 8.57. The van der Waals surface area contributed by atoms with E-state index in [-0.39, 0.29) is 23.7 Å². The van der Waals surface area contributed by atoms with Crippen LogP contribution in [0.4, 0.5) is 5.69 Å². The molecule has 0 aliphatic carbocycles. The van der Waals surface area contributed by atoms with Crippen molar-refractivity contribution in [2.24, 2.45) is 5.41 Å². The number of carbonyl (C=O) groups excluding carboxylic acids is 1. The normalized spacial score (nSPS) is 17.5. The van der Waals surface area contributed by atoms with E-state index >= 15 is 0 Å². The van der Waals surface area contributed by atoms with E-state index in [9.17, 15) is 4.79 Å². The fourth-order valence-electron chi connectivity index (χ4n) is 2.48. The van der Waals surface area contributed by atoms with Crippen molar-refractivity contribution in [2.45, 2.75) is 26.7 Å². The molecule has 1 aliphatic rings. The standard InChI is InChI=1S/C15H22N2O.ClH/c1-15(2)9-6-10-17(12-15)14(18)11-16-13-7-4-3-5-8-13;/h3-5,7-8,16H,6,9-12H2,1-2H3;1H. The fraction of sp³-hybridized carbons (Fsp3) is 0.533. The summed E-state index contributed by atoms with van der Waals surface area (Å²) in [6.45, 7) is 6.63. The Labute approximate surface area is 121 Å². The lowest BCUT2D eigenvalue weighted by atomic mass is 9.84. The Hall–Kier alpha value is -1.22. The molecule has 1 amide bonds. The first-order valence-corrected chi connectivity index (χ1v) is 6.64. The van der Waals surface area contributed by atoms with Gasteiger partial charge in [-0.05, 0) is 30.4 Å². The lowest BCUT2D eigenvalue weighted by molar-refractivity contribution is -0.132. The van der Waals surface area contributed by atoms with Crippen LogP contribution in [-0.4, -0.2) is 30.4 Å².